The van der Waals surface area contributed by atoms with E-state index < -0.39 is 15.1 Å². The van der Waals surface area contributed by atoms with E-state index in [9.17, 15) is 13.2 Å². The molecule has 0 aromatic carbocycles. The summed E-state index contributed by atoms with van der Waals surface area (Å²) in [7, 11) is -1.42. The van der Waals surface area contributed by atoms with E-state index in [0.717, 1.165) is 13.1 Å². The van der Waals surface area contributed by atoms with Gasteiger partial charge in [-0.1, -0.05) is 6.92 Å². The van der Waals surface area contributed by atoms with Crippen molar-refractivity contribution in [3.05, 3.63) is 0 Å². The molecule has 1 amide bonds. The lowest BCUT2D eigenvalue weighted by Gasteiger charge is -2.32. The molecule has 1 fully saturated rings. The van der Waals surface area contributed by atoms with Crippen LogP contribution in [0, 0.1) is 11.8 Å². The van der Waals surface area contributed by atoms with E-state index in [0.29, 0.717) is 18.3 Å². The van der Waals surface area contributed by atoms with Crippen LogP contribution in [0.5, 0.6) is 0 Å². The van der Waals surface area contributed by atoms with Gasteiger partial charge in [0.15, 0.2) is 9.84 Å². The number of hydrogen-bond donors (Lipinski definition) is 1. The zero-order valence-corrected chi connectivity index (χ0v) is 16.0. The third-order valence-corrected chi connectivity index (χ3v) is 6.74. The van der Waals surface area contributed by atoms with E-state index in [2.05, 4.69) is 12.2 Å². The summed E-state index contributed by atoms with van der Waals surface area (Å²) < 4.78 is 23.2. The summed E-state index contributed by atoms with van der Waals surface area (Å²) >= 11 is 0. The topological polar surface area (TPSA) is 66.5 Å². The molecule has 7 heteroatoms. The highest BCUT2D eigenvalue weighted by Crippen LogP contribution is 2.23. The highest BCUT2D eigenvalue weighted by atomic mass is 35.5. The van der Waals surface area contributed by atoms with Crippen molar-refractivity contribution < 1.29 is 13.2 Å². The fraction of sp³-hybridized carbons (Fsp3) is 0.933. The van der Waals surface area contributed by atoms with Gasteiger partial charge in [-0.3, -0.25) is 4.79 Å². The zero-order chi connectivity index (χ0) is 16.2. The molecule has 0 bridgehead atoms. The van der Waals surface area contributed by atoms with Crippen LogP contribution in [-0.4, -0.2) is 56.9 Å². The molecule has 0 saturated carbocycles. The molecular weight excluding hydrogens is 324 g/mol. The van der Waals surface area contributed by atoms with Gasteiger partial charge in [0.2, 0.25) is 5.91 Å². The molecule has 22 heavy (non-hydrogen) atoms. The second kappa shape index (κ2) is 9.08. The number of amides is 1. The molecule has 1 heterocycles. The van der Waals surface area contributed by atoms with Crippen LogP contribution in [-0.2, 0) is 14.6 Å². The molecule has 132 valence electrons. The number of piperidine rings is 1. The monoisotopic (exact) mass is 354 g/mol. The Bertz CT molecular complexity index is 450. The number of carbonyl (C=O) groups excluding carboxylic acids is 1. The normalized spacial score (nSPS) is 23.0. The van der Waals surface area contributed by atoms with E-state index >= 15 is 0 Å². The Labute approximate surface area is 141 Å². The van der Waals surface area contributed by atoms with Crippen molar-refractivity contribution in [1.82, 2.24) is 10.2 Å². The first kappa shape index (κ1) is 21.7. The average Bonchev–Trinajstić information content (AvgIpc) is 2.44. The van der Waals surface area contributed by atoms with Crippen LogP contribution in [0.15, 0.2) is 0 Å². The Kier molecular flexibility index (Phi) is 8.95. The number of nitrogens with one attached hydrogen (secondary N) is 1. The van der Waals surface area contributed by atoms with E-state index in [1.165, 1.54) is 19.1 Å². The van der Waals surface area contributed by atoms with Crippen LogP contribution in [0.25, 0.3) is 0 Å². The lowest BCUT2D eigenvalue weighted by Crippen LogP contribution is -2.45. The molecule has 1 N–H and O–H groups in total. The summed E-state index contributed by atoms with van der Waals surface area (Å²) in [5, 5.41) is 2.83. The average molecular weight is 355 g/mol. The molecule has 0 aliphatic carbocycles. The van der Waals surface area contributed by atoms with Crippen LogP contribution in [0.4, 0.5) is 0 Å². The zero-order valence-electron chi connectivity index (χ0n) is 14.3. The minimum atomic E-state index is -3.13. The Morgan fingerprint density at radius 1 is 1.32 bits per heavy atom. The number of hydrogen-bond acceptors (Lipinski definition) is 4. The van der Waals surface area contributed by atoms with Crippen molar-refractivity contribution in [2.75, 3.05) is 26.4 Å². The van der Waals surface area contributed by atoms with Gasteiger partial charge < -0.3 is 10.2 Å². The maximum Gasteiger partial charge on any atom is 0.222 e. The van der Waals surface area contributed by atoms with E-state index in [1.807, 2.05) is 0 Å². The smallest absolute Gasteiger partial charge is 0.222 e. The molecule has 1 aliphatic rings. The maximum atomic E-state index is 12.4. The molecule has 1 rings (SSSR count). The number of carbonyl (C=O) groups is 1. The lowest BCUT2D eigenvalue weighted by molar-refractivity contribution is -0.133. The molecule has 4 atom stereocenters. The Morgan fingerprint density at radius 3 is 2.36 bits per heavy atom. The Balaban J connectivity index is 0.00000441. The molecule has 4 unspecified atom stereocenters. The number of rotatable bonds is 6. The number of halogens is 1. The summed E-state index contributed by atoms with van der Waals surface area (Å²) in [5.74, 6) is 0.906. The number of sulfone groups is 1. The van der Waals surface area contributed by atoms with Gasteiger partial charge >= 0.3 is 0 Å². The van der Waals surface area contributed by atoms with Crippen molar-refractivity contribution in [2.24, 2.45) is 11.8 Å². The first-order chi connectivity index (χ1) is 9.64. The molecule has 0 aromatic heterocycles. The van der Waals surface area contributed by atoms with Gasteiger partial charge in [-0.05, 0) is 51.6 Å². The standard InChI is InChI=1S/C15H30N2O3S.ClH/c1-11(14-7-6-8-16-10-14)9-15(18)17(4)12(2)13(3)21(5,19)20;/h11-14,16H,6-10H2,1-5H3;1H. The molecule has 0 radical (unpaired) electrons. The predicted octanol–water partition coefficient (Wildman–Crippen LogP) is 1.71. The fourth-order valence-corrected chi connectivity index (χ4v) is 3.75. The summed E-state index contributed by atoms with van der Waals surface area (Å²) in [6, 6.07) is -0.302. The third kappa shape index (κ3) is 6.05. The minimum absolute atomic E-state index is 0. The second-order valence-corrected chi connectivity index (χ2v) is 8.97. The van der Waals surface area contributed by atoms with Gasteiger partial charge in [-0.2, -0.15) is 0 Å². The molecule has 1 aliphatic heterocycles. The van der Waals surface area contributed by atoms with Gasteiger partial charge in [0, 0.05) is 25.8 Å². The van der Waals surface area contributed by atoms with Gasteiger partial charge in [-0.15, -0.1) is 12.4 Å². The quantitative estimate of drug-likeness (QED) is 0.788. The molecule has 0 aromatic rings. The van der Waals surface area contributed by atoms with Crippen LogP contribution >= 0.6 is 12.4 Å². The van der Waals surface area contributed by atoms with Gasteiger partial charge in [-0.25, -0.2) is 8.42 Å². The summed E-state index contributed by atoms with van der Waals surface area (Å²) in [6.45, 7) is 7.64. The van der Waals surface area contributed by atoms with Crippen LogP contribution in [0.2, 0.25) is 0 Å². The highest BCUT2D eigenvalue weighted by Gasteiger charge is 2.30. The first-order valence-corrected chi connectivity index (χ1v) is 9.75. The molecule has 0 spiro atoms. The largest absolute Gasteiger partial charge is 0.342 e. The van der Waals surface area contributed by atoms with Crippen LogP contribution in [0.3, 0.4) is 0 Å². The Hall–Kier alpha value is -0.330. The van der Waals surface area contributed by atoms with Crippen molar-refractivity contribution in [3.63, 3.8) is 0 Å². The van der Waals surface area contributed by atoms with E-state index in [-0.39, 0.29) is 24.4 Å². The van der Waals surface area contributed by atoms with Gasteiger partial charge in [0.05, 0.1) is 5.25 Å². The lowest BCUT2D eigenvalue weighted by atomic mass is 9.85. The fourth-order valence-electron chi connectivity index (χ4n) is 2.85. The van der Waals surface area contributed by atoms with E-state index in [1.54, 1.807) is 25.8 Å². The summed E-state index contributed by atoms with van der Waals surface area (Å²) in [4.78, 5) is 14.0. The van der Waals surface area contributed by atoms with Gasteiger partial charge in [0.25, 0.3) is 0 Å². The molecule has 1 saturated heterocycles. The van der Waals surface area contributed by atoms with Gasteiger partial charge in [0.1, 0.15) is 0 Å². The van der Waals surface area contributed by atoms with E-state index in [4.69, 9.17) is 0 Å². The predicted molar refractivity (Wildman–Crippen MR) is 93.2 cm³/mol. The molecule has 5 nitrogen and oxygen atoms in total. The third-order valence-electron chi connectivity index (χ3n) is 5.00. The summed E-state index contributed by atoms with van der Waals surface area (Å²) in [5.41, 5.74) is 0. The highest BCUT2D eigenvalue weighted by molar-refractivity contribution is 7.91. The van der Waals surface area contributed by atoms with Crippen molar-refractivity contribution >= 4 is 28.2 Å². The SMILES string of the molecule is CC(CC(=O)N(C)C(C)C(C)S(C)(=O)=O)C1CCCNC1.Cl. The minimum Gasteiger partial charge on any atom is -0.342 e. The molecular formula is C15H31ClN2O3S. The number of nitrogens with zero attached hydrogens (tertiary/aromatic N) is 1. The van der Waals surface area contributed by atoms with Crippen molar-refractivity contribution in [3.8, 4) is 0 Å². The van der Waals surface area contributed by atoms with Crippen molar-refractivity contribution in [1.29, 1.82) is 0 Å². The van der Waals surface area contributed by atoms with Crippen LogP contribution < -0.4 is 5.32 Å². The van der Waals surface area contributed by atoms with Crippen LogP contribution in [0.1, 0.15) is 40.0 Å². The van der Waals surface area contributed by atoms with Crippen molar-refractivity contribution in [2.45, 2.75) is 51.3 Å². The first-order valence-electron chi connectivity index (χ1n) is 7.79. The summed E-state index contributed by atoms with van der Waals surface area (Å²) in [6.07, 6.45) is 4.05. The Morgan fingerprint density at radius 2 is 1.91 bits per heavy atom. The second-order valence-electron chi connectivity index (χ2n) is 6.57. The maximum absolute atomic E-state index is 12.4.